The van der Waals surface area contributed by atoms with E-state index in [2.05, 4.69) is 5.32 Å². The van der Waals surface area contributed by atoms with Gasteiger partial charge in [0.2, 0.25) is 5.91 Å². The Hall–Kier alpha value is -2.95. The molecule has 1 aliphatic carbocycles. The van der Waals surface area contributed by atoms with Crippen LogP contribution >= 0.6 is 0 Å². The number of hydrogen-bond acceptors (Lipinski definition) is 4. The summed E-state index contributed by atoms with van der Waals surface area (Å²) in [7, 11) is 1.66. The van der Waals surface area contributed by atoms with Crippen LogP contribution in [0.2, 0.25) is 0 Å². The van der Waals surface area contributed by atoms with Crippen molar-refractivity contribution in [3.8, 4) is 11.5 Å². The summed E-state index contributed by atoms with van der Waals surface area (Å²) >= 11 is 0. The second kappa shape index (κ2) is 9.03. The van der Waals surface area contributed by atoms with Crippen LogP contribution in [0, 0.1) is 0 Å². The van der Waals surface area contributed by atoms with Crippen molar-refractivity contribution in [2.24, 2.45) is 0 Å². The average molecular weight is 392 g/mol. The molecule has 2 aliphatic rings. The summed E-state index contributed by atoms with van der Waals surface area (Å²) in [6.45, 7) is 1.35. The highest BCUT2D eigenvalue weighted by atomic mass is 16.5. The van der Waals surface area contributed by atoms with Crippen molar-refractivity contribution in [2.75, 3.05) is 19.0 Å². The van der Waals surface area contributed by atoms with Gasteiger partial charge in [0.1, 0.15) is 0 Å². The topological polar surface area (TPSA) is 50.8 Å². The third-order valence-corrected chi connectivity index (χ3v) is 5.54. The molecule has 0 saturated heterocycles. The molecule has 0 spiro atoms. The van der Waals surface area contributed by atoms with Gasteiger partial charge in [0.25, 0.3) is 0 Å². The van der Waals surface area contributed by atoms with E-state index in [0.717, 1.165) is 47.7 Å². The van der Waals surface area contributed by atoms with Gasteiger partial charge in [-0.15, -0.1) is 0 Å². The van der Waals surface area contributed by atoms with E-state index in [1.54, 1.807) is 13.2 Å². The van der Waals surface area contributed by atoms with E-state index in [-0.39, 0.29) is 12.0 Å². The van der Waals surface area contributed by atoms with Crippen LogP contribution in [-0.2, 0) is 11.3 Å². The van der Waals surface area contributed by atoms with E-state index in [4.69, 9.17) is 9.47 Å². The molecule has 1 amide bonds. The largest absolute Gasteiger partial charge is 0.493 e. The minimum absolute atomic E-state index is 0.0403. The minimum atomic E-state index is 0.0403. The zero-order chi connectivity index (χ0) is 20.1. The summed E-state index contributed by atoms with van der Waals surface area (Å²) in [5.41, 5.74) is 2.99. The standard InChI is InChI=1S/C24H28N2O3/c1-28-22-12-11-19(15-23(22)29-21-9-5-6-10-21)25-20-13-14-26(24(27)16-20)17-18-7-3-2-4-8-18/h2-4,7-8,11-12,15-16,21,25H,5-6,9-10,13-14,17H2,1H3. The Bertz CT molecular complexity index is 873. The number of nitrogens with one attached hydrogen (secondary N) is 1. The van der Waals surface area contributed by atoms with Gasteiger partial charge in [-0.3, -0.25) is 4.79 Å². The third kappa shape index (κ3) is 4.91. The van der Waals surface area contributed by atoms with Crippen LogP contribution in [0.4, 0.5) is 5.69 Å². The molecule has 1 heterocycles. The Morgan fingerprint density at radius 2 is 1.86 bits per heavy atom. The number of amides is 1. The summed E-state index contributed by atoms with van der Waals surface area (Å²) in [4.78, 5) is 14.4. The maximum atomic E-state index is 12.6. The van der Waals surface area contributed by atoms with Gasteiger partial charge < -0.3 is 19.7 Å². The molecule has 29 heavy (non-hydrogen) atoms. The van der Waals surface area contributed by atoms with Gasteiger partial charge in [-0.1, -0.05) is 30.3 Å². The van der Waals surface area contributed by atoms with E-state index in [0.29, 0.717) is 13.1 Å². The Balaban J connectivity index is 1.42. The summed E-state index contributed by atoms with van der Waals surface area (Å²) in [6, 6.07) is 15.9. The molecule has 0 atom stereocenters. The molecule has 2 aromatic rings. The predicted octanol–water partition coefficient (Wildman–Crippen LogP) is 4.74. The van der Waals surface area contributed by atoms with Gasteiger partial charge in [-0.25, -0.2) is 0 Å². The van der Waals surface area contributed by atoms with Gasteiger partial charge in [0.05, 0.1) is 13.2 Å². The summed E-state index contributed by atoms with van der Waals surface area (Å²) < 4.78 is 11.6. The van der Waals surface area contributed by atoms with Gasteiger partial charge in [0, 0.05) is 43.0 Å². The molecule has 4 rings (SSSR count). The average Bonchev–Trinajstić information content (AvgIpc) is 3.24. The number of hydrogen-bond donors (Lipinski definition) is 1. The molecule has 0 bridgehead atoms. The van der Waals surface area contributed by atoms with Crippen molar-refractivity contribution in [1.29, 1.82) is 0 Å². The van der Waals surface area contributed by atoms with Crippen molar-refractivity contribution in [3.63, 3.8) is 0 Å². The van der Waals surface area contributed by atoms with Crippen molar-refractivity contribution in [3.05, 3.63) is 65.9 Å². The Kier molecular flexibility index (Phi) is 6.03. The Morgan fingerprint density at radius 3 is 2.59 bits per heavy atom. The van der Waals surface area contributed by atoms with Crippen LogP contribution in [0.15, 0.2) is 60.3 Å². The number of ether oxygens (including phenoxy) is 2. The van der Waals surface area contributed by atoms with Crippen molar-refractivity contribution in [1.82, 2.24) is 4.90 Å². The van der Waals surface area contributed by atoms with Crippen LogP contribution < -0.4 is 14.8 Å². The molecule has 2 aromatic carbocycles. The number of rotatable bonds is 7. The van der Waals surface area contributed by atoms with Gasteiger partial charge in [-0.2, -0.15) is 0 Å². The maximum absolute atomic E-state index is 12.6. The fourth-order valence-electron chi connectivity index (χ4n) is 3.96. The molecule has 5 heteroatoms. The second-order valence-corrected chi connectivity index (χ2v) is 7.68. The first-order valence-corrected chi connectivity index (χ1v) is 10.4. The van der Waals surface area contributed by atoms with Crippen LogP contribution in [0.1, 0.15) is 37.7 Å². The van der Waals surface area contributed by atoms with E-state index in [9.17, 15) is 4.79 Å². The molecule has 1 fully saturated rings. The lowest BCUT2D eigenvalue weighted by Gasteiger charge is -2.27. The highest BCUT2D eigenvalue weighted by Crippen LogP contribution is 2.34. The lowest BCUT2D eigenvalue weighted by Crippen LogP contribution is -2.34. The van der Waals surface area contributed by atoms with E-state index in [1.807, 2.05) is 53.4 Å². The summed E-state index contributed by atoms with van der Waals surface area (Å²) in [5, 5.41) is 3.39. The van der Waals surface area contributed by atoms with Crippen LogP contribution in [-0.4, -0.2) is 30.6 Å². The minimum Gasteiger partial charge on any atom is -0.493 e. The van der Waals surface area contributed by atoms with E-state index < -0.39 is 0 Å². The summed E-state index contributed by atoms with van der Waals surface area (Å²) in [5.74, 6) is 1.54. The number of anilines is 1. The molecule has 1 aliphatic heterocycles. The van der Waals surface area contributed by atoms with Crippen molar-refractivity contribution >= 4 is 11.6 Å². The zero-order valence-corrected chi connectivity index (χ0v) is 16.9. The first kappa shape index (κ1) is 19.4. The third-order valence-electron chi connectivity index (χ3n) is 5.54. The Labute approximate surface area is 172 Å². The first-order chi connectivity index (χ1) is 14.2. The molecular weight excluding hydrogens is 364 g/mol. The highest BCUT2D eigenvalue weighted by Gasteiger charge is 2.21. The molecule has 0 aromatic heterocycles. The molecule has 0 unspecified atom stereocenters. The Morgan fingerprint density at radius 1 is 1.07 bits per heavy atom. The van der Waals surface area contributed by atoms with E-state index in [1.165, 1.54) is 12.8 Å². The highest BCUT2D eigenvalue weighted by molar-refractivity contribution is 5.89. The molecule has 1 N–H and O–H groups in total. The number of nitrogens with zero attached hydrogens (tertiary/aromatic N) is 1. The second-order valence-electron chi connectivity index (χ2n) is 7.68. The van der Waals surface area contributed by atoms with Crippen LogP contribution in [0.5, 0.6) is 11.5 Å². The molecule has 5 nitrogen and oxygen atoms in total. The van der Waals surface area contributed by atoms with Gasteiger partial charge >= 0.3 is 0 Å². The number of carbonyl (C=O) groups is 1. The maximum Gasteiger partial charge on any atom is 0.248 e. The molecular formula is C24H28N2O3. The molecule has 152 valence electrons. The monoisotopic (exact) mass is 392 g/mol. The molecule has 1 saturated carbocycles. The number of carbonyl (C=O) groups excluding carboxylic acids is 1. The van der Waals surface area contributed by atoms with Crippen molar-refractivity contribution in [2.45, 2.75) is 44.8 Å². The summed E-state index contributed by atoms with van der Waals surface area (Å²) in [6.07, 6.45) is 7.40. The first-order valence-electron chi connectivity index (χ1n) is 10.4. The van der Waals surface area contributed by atoms with Gasteiger partial charge in [-0.05, 0) is 43.4 Å². The number of methoxy groups -OCH3 is 1. The lowest BCUT2D eigenvalue weighted by atomic mass is 10.1. The number of benzene rings is 2. The predicted molar refractivity (Wildman–Crippen MR) is 114 cm³/mol. The quantitative estimate of drug-likeness (QED) is 0.739. The fraction of sp³-hybridized carbons (Fsp3) is 0.375. The lowest BCUT2D eigenvalue weighted by molar-refractivity contribution is -0.127. The SMILES string of the molecule is COc1ccc(NC2=CC(=O)N(Cc3ccccc3)CC2)cc1OC1CCCC1. The molecule has 0 radical (unpaired) electrons. The smallest absolute Gasteiger partial charge is 0.248 e. The fourth-order valence-corrected chi connectivity index (χ4v) is 3.96. The van der Waals surface area contributed by atoms with Gasteiger partial charge in [0.15, 0.2) is 11.5 Å². The zero-order valence-electron chi connectivity index (χ0n) is 16.9. The van der Waals surface area contributed by atoms with E-state index >= 15 is 0 Å². The normalized spacial score (nSPS) is 17.2. The van der Waals surface area contributed by atoms with Crippen LogP contribution in [0.3, 0.4) is 0 Å². The van der Waals surface area contributed by atoms with Crippen LogP contribution in [0.25, 0.3) is 0 Å². The van der Waals surface area contributed by atoms with Crippen molar-refractivity contribution < 1.29 is 14.3 Å².